The van der Waals surface area contributed by atoms with Crippen LogP contribution in [-0.2, 0) is 11.8 Å². The Morgan fingerprint density at radius 3 is 2.92 bits per heavy atom. The second-order valence-electron chi connectivity index (χ2n) is 2.65. The average molecular weight is 168 g/mol. The molecule has 3 N–H and O–H groups in total. The Balaban J connectivity index is 2.58. The van der Waals surface area contributed by atoms with E-state index in [1.807, 2.05) is 0 Å². The summed E-state index contributed by atoms with van der Waals surface area (Å²) in [4.78, 5) is 11.0. The maximum atomic E-state index is 11.0. The summed E-state index contributed by atoms with van der Waals surface area (Å²) in [6, 6.07) is 1.20. The summed E-state index contributed by atoms with van der Waals surface area (Å²) < 4.78 is 1.61. The zero-order chi connectivity index (χ0) is 9.14. The van der Waals surface area contributed by atoms with Gasteiger partial charge >= 0.3 is 0 Å². The lowest BCUT2D eigenvalue weighted by Gasteiger charge is -2.03. The van der Waals surface area contributed by atoms with Crippen LogP contribution in [0.5, 0.6) is 0 Å². The topological polar surface area (TPSA) is 72.9 Å². The minimum Gasteiger partial charge on any atom is -0.320 e. The van der Waals surface area contributed by atoms with Crippen molar-refractivity contribution in [3.8, 4) is 0 Å². The van der Waals surface area contributed by atoms with Crippen molar-refractivity contribution in [3.05, 3.63) is 12.3 Å². The van der Waals surface area contributed by atoms with Gasteiger partial charge in [-0.3, -0.25) is 9.48 Å². The van der Waals surface area contributed by atoms with Crippen LogP contribution in [0.1, 0.15) is 6.92 Å². The molecule has 5 nitrogen and oxygen atoms in total. The maximum absolute atomic E-state index is 11.0. The van der Waals surface area contributed by atoms with Gasteiger partial charge in [0.05, 0.1) is 6.04 Å². The van der Waals surface area contributed by atoms with Gasteiger partial charge in [0.1, 0.15) is 0 Å². The molecule has 1 rings (SSSR count). The second-order valence-corrected chi connectivity index (χ2v) is 2.65. The number of nitrogens with zero attached hydrogens (tertiary/aromatic N) is 2. The molecule has 0 unspecified atom stereocenters. The van der Waals surface area contributed by atoms with Crippen LogP contribution in [-0.4, -0.2) is 21.7 Å². The molecule has 0 aliphatic carbocycles. The van der Waals surface area contributed by atoms with Crippen molar-refractivity contribution < 1.29 is 4.79 Å². The molecule has 1 aromatic rings. The zero-order valence-corrected chi connectivity index (χ0v) is 7.11. The van der Waals surface area contributed by atoms with E-state index in [0.29, 0.717) is 5.82 Å². The number of nitrogens with one attached hydrogen (secondary N) is 1. The molecule has 0 saturated carbocycles. The van der Waals surface area contributed by atoms with Gasteiger partial charge in [0.25, 0.3) is 0 Å². The molecule has 12 heavy (non-hydrogen) atoms. The number of hydrogen-bond acceptors (Lipinski definition) is 3. The molecular weight excluding hydrogens is 156 g/mol. The third-order valence-electron chi connectivity index (χ3n) is 1.38. The van der Waals surface area contributed by atoms with Crippen molar-refractivity contribution in [1.29, 1.82) is 0 Å². The molecule has 66 valence electrons. The van der Waals surface area contributed by atoms with E-state index in [1.165, 1.54) is 0 Å². The summed E-state index contributed by atoms with van der Waals surface area (Å²) in [7, 11) is 1.78. The number of aromatic nitrogens is 2. The lowest BCUT2D eigenvalue weighted by Crippen LogP contribution is -2.32. The predicted octanol–water partition coefficient (Wildman–Crippen LogP) is -0.294. The summed E-state index contributed by atoms with van der Waals surface area (Å²) in [5.74, 6) is 0.300. The lowest BCUT2D eigenvalue weighted by atomic mass is 10.3. The Morgan fingerprint density at radius 2 is 2.50 bits per heavy atom. The van der Waals surface area contributed by atoms with Crippen molar-refractivity contribution in [3.63, 3.8) is 0 Å². The highest BCUT2D eigenvalue weighted by atomic mass is 16.2. The summed E-state index contributed by atoms with van der Waals surface area (Å²) in [5.41, 5.74) is 5.34. The molecular formula is C7H12N4O. The lowest BCUT2D eigenvalue weighted by molar-refractivity contribution is -0.117. The number of nitrogens with two attached hydrogens (primary N) is 1. The second kappa shape index (κ2) is 3.36. The molecule has 0 bridgehead atoms. The van der Waals surface area contributed by atoms with Crippen LogP contribution >= 0.6 is 0 Å². The fourth-order valence-electron chi connectivity index (χ4n) is 0.722. The first-order valence-corrected chi connectivity index (χ1v) is 3.65. The van der Waals surface area contributed by atoms with Crippen LogP contribution in [0.25, 0.3) is 0 Å². The van der Waals surface area contributed by atoms with E-state index in [9.17, 15) is 4.79 Å². The average Bonchev–Trinajstić information content (AvgIpc) is 2.35. The van der Waals surface area contributed by atoms with Gasteiger partial charge in [0.2, 0.25) is 5.91 Å². The molecule has 0 fully saturated rings. The quantitative estimate of drug-likeness (QED) is 0.637. The van der Waals surface area contributed by atoms with E-state index in [-0.39, 0.29) is 5.91 Å². The standard InChI is InChI=1S/C7H12N4O/c1-5(8)7(12)9-6-3-4-11(2)10-6/h3-5H,8H2,1-2H3,(H,9,10,12)/t5-/m1/s1. The molecule has 0 saturated heterocycles. The monoisotopic (exact) mass is 168 g/mol. The van der Waals surface area contributed by atoms with Gasteiger partial charge in [-0.15, -0.1) is 0 Å². The van der Waals surface area contributed by atoms with Gasteiger partial charge < -0.3 is 11.1 Å². The molecule has 0 aliphatic heterocycles. The molecule has 1 heterocycles. The van der Waals surface area contributed by atoms with E-state index in [0.717, 1.165) is 0 Å². The largest absolute Gasteiger partial charge is 0.320 e. The first kappa shape index (κ1) is 8.73. The van der Waals surface area contributed by atoms with Crippen LogP contribution in [0.15, 0.2) is 12.3 Å². The predicted molar refractivity (Wildman–Crippen MR) is 45.5 cm³/mol. The fourth-order valence-corrected chi connectivity index (χ4v) is 0.722. The smallest absolute Gasteiger partial charge is 0.242 e. The van der Waals surface area contributed by atoms with E-state index < -0.39 is 6.04 Å². The molecule has 0 spiro atoms. The highest BCUT2D eigenvalue weighted by Gasteiger charge is 2.07. The SMILES string of the molecule is C[C@@H](N)C(=O)Nc1ccn(C)n1. The minimum absolute atomic E-state index is 0.228. The third kappa shape index (κ3) is 2.06. The van der Waals surface area contributed by atoms with Crippen molar-refractivity contribution in [2.24, 2.45) is 12.8 Å². The number of carbonyl (C=O) groups is 1. The molecule has 5 heteroatoms. The number of hydrogen-bond donors (Lipinski definition) is 2. The Hall–Kier alpha value is -1.36. The molecule has 0 aromatic carbocycles. The number of rotatable bonds is 2. The van der Waals surface area contributed by atoms with Crippen molar-refractivity contribution in [2.75, 3.05) is 5.32 Å². The first-order chi connectivity index (χ1) is 5.59. The van der Waals surface area contributed by atoms with Crippen molar-refractivity contribution in [2.45, 2.75) is 13.0 Å². The fraction of sp³-hybridized carbons (Fsp3) is 0.429. The Labute approximate surface area is 70.5 Å². The number of carbonyl (C=O) groups excluding carboxylic acids is 1. The molecule has 1 atom stereocenters. The molecule has 1 amide bonds. The Morgan fingerprint density at radius 1 is 1.83 bits per heavy atom. The van der Waals surface area contributed by atoms with E-state index >= 15 is 0 Å². The summed E-state index contributed by atoms with van der Waals surface area (Å²) in [6.07, 6.45) is 1.75. The molecule has 0 aliphatic rings. The maximum Gasteiger partial charge on any atom is 0.242 e. The van der Waals surface area contributed by atoms with Gasteiger partial charge in [-0.2, -0.15) is 5.10 Å². The van der Waals surface area contributed by atoms with Crippen molar-refractivity contribution in [1.82, 2.24) is 9.78 Å². The van der Waals surface area contributed by atoms with Gasteiger partial charge in [-0.05, 0) is 6.92 Å². The molecule has 1 aromatic heterocycles. The number of amides is 1. The van der Waals surface area contributed by atoms with Crippen LogP contribution in [0.4, 0.5) is 5.82 Å². The van der Waals surface area contributed by atoms with Crippen LogP contribution in [0.3, 0.4) is 0 Å². The highest BCUT2D eigenvalue weighted by molar-refractivity contribution is 5.93. The van der Waals surface area contributed by atoms with Gasteiger partial charge in [0.15, 0.2) is 5.82 Å². The first-order valence-electron chi connectivity index (χ1n) is 3.65. The van der Waals surface area contributed by atoms with Gasteiger partial charge in [-0.1, -0.05) is 0 Å². The number of aryl methyl sites for hydroxylation is 1. The Bertz CT molecular complexity index is 279. The van der Waals surface area contributed by atoms with Crippen molar-refractivity contribution >= 4 is 11.7 Å². The Kier molecular flexibility index (Phi) is 2.44. The minimum atomic E-state index is -0.507. The van der Waals surface area contributed by atoms with Crippen LogP contribution < -0.4 is 11.1 Å². The third-order valence-corrected chi connectivity index (χ3v) is 1.38. The van der Waals surface area contributed by atoms with Crippen LogP contribution in [0.2, 0.25) is 0 Å². The van der Waals surface area contributed by atoms with E-state index in [2.05, 4.69) is 10.4 Å². The summed E-state index contributed by atoms with van der Waals surface area (Å²) in [6.45, 7) is 1.62. The van der Waals surface area contributed by atoms with Gasteiger partial charge in [0, 0.05) is 19.3 Å². The zero-order valence-electron chi connectivity index (χ0n) is 7.11. The highest BCUT2D eigenvalue weighted by Crippen LogP contribution is 2.00. The van der Waals surface area contributed by atoms with Crippen LogP contribution in [0, 0.1) is 0 Å². The normalized spacial score (nSPS) is 12.6. The number of anilines is 1. The van der Waals surface area contributed by atoms with Gasteiger partial charge in [-0.25, -0.2) is 0 Å². The summed E-state index contributed by atoms with van der Waals surface area (Å²) in [5, 5.41) is 6.53. The summed E-state index contributed by atoms with van der Waals surface area (Å²) >= 11 is 0. The van der Waals surface area contributed by atoms with E-state index in [1.54, 1.807) is 30.9 Å². The molecule has 0 radical (unpaired) electrons. The van der Waals surface area contributed by atoms with E-state index in [4.69, 9.17) is 5.73 Å².